The maximum absolute atomic E-state index is 13.6. The molecule has 0 atom stereocenters. The molecule has 1 heterocycles. The van der Waals surface area contributed by atoms with Crippen molar-refractivity contribution in [2.24, 2.45) is 0 Å². The number of aromatic nitrogens is 2. The van der Waals surface area contributed by atoms with Gasteiger partial charge in [0.25, 0.3) is 0 Å². The van der Waals surface area contributed by atoms with Crippen molar-refractivity contribution in [1.82, 2.24) is 9.97 Å². The van der Waals surface area contributed by atoms with E-state index in [9.17, 15) is 44.3 Å². The molecule has 3 aromatic rings. The van der Waals surface area contributed by atoms with Gasteiger partial charge in [-0.3, -0.25) is 4.79 Å². The van der Waals surface area contributed by atoms with Crippen molar-refractivity contribution in [2.45, 2.75) is 77.8 Å². The molecule has 47 heavy (non-hydrogen) atoms. The monoisotopic (exact) mass is 680 g/mol. The summed E-state index contributed by atoms with van der Waals surface area (Å²) in [6.45, 7) is 6.26. The first-order chi connectivity index (χ1) is 21.7. The lowest BCUT2D eigenvalue weighted by Gasteiger charge is -2.27. The first kappa shape index (κ1) is 37.2. The summed E-state index contributed by atoms with van der Waals surface area (Å²) in [5.74, 6) is -0.116. The second kappa shape index (κ2) is 14.7. The molecule has 2 aromatic carbocycles. The Morgan fingerprint density at radius 1 is 0.830 bits per heavy atom. The van der Waals surface area contributed by atoms with Crippen molar-refractivity contribution < 1.29 is 53.8 Å². The van der Waals surface area contributed by atoms with Crippen molar-refractivity contribution in [3.63, 3.8) is 0 Å². The van der Waals surface area contributed by atoms with Crippen molar-refractivity contribution in [1.29, 1.82) is 0 Å². The highest BCUT2D eigenvalue weighted by Crippen LogP contribution is 2.38. The van der Waals surface area contributed by atoms with Crippen LogP contribution in [0, 0.1) is 0 Å². The zero-order valence-electron chi connectivity index (χ0n) is 25.8. The molecule has 258 valence electrons. The highest BCUT2D eigenvalue weighted by atomic mass is 19.4. The van der Waals surface area contributed by atoms with E-state index in [-0.39, 0.29) is 66.7 Å². The molecule has 0 radical (unpaired) electrons. The number of carbonyl (C=O) groups excluding carboxylic acids is 1. The topological polar surface area (TPSA) is 76.6 Å². The number of halogens is 9. The number of rotatable bonds is 12. The summed E-state index contributed by atoms with van der Waals surface area (Å²) in [5, 5.41) is 2.78. The summed E-state index contributed by atoms with van der Waals surface area (Å²) in [5.41, 5.74) is -4.77. The van der Waals surface area contributed by atoms with Gasteiger partial charge in [-0.25, -0.2) is 9.97 Å². The molecule has 0 bridgehead atoms. The summed E-state index contributed by atoms with van der Waals surface area (Å²) < 4.78 is 132. The molecule has 3 rings (SSSR count). The van der Waals surface area contributed by atoms with Gasteiger partial charge in [-0.05, 0) is 81.6 Å². The second-order valence-corrected chi connectivity index (χ2v) is 11.4. The van der Waals surface area contributed by atoms with E-state index in [0.29, 0.717) is 18.6 Å². The molecule has 0 unspecified atom stereocenters. The predicted molar refractivity (Wildman–Crippen MR) is 155 cm³/mol. The summed E-state index contributed by atoms with van der Waals surface area (Å²) in [4.78, 5) is 21.3. The lowest BCUT2D eigenvalue weighted by atomic mass is 10.0. The van der Waals surface area contributed by atoms with Gasteiger partial charge in [-0.15, -0.1) is 0 Å². The minimum atomic E-state index is -5.06. The van der Waals surface area contributed by atoms with Gasteiger partial charge < -0.3 is 19.7 Å². The van der Waals surface area contributed by atoms with E-state index in [2.05, 4.69) is 15.3 Å². The van der Waals surface area contributed by atoms with Gasteiger partial charge in [0.2, 0.25) is 5.95 Å². The van der Waals surface area contributed by atoms with Crippen molar-refractivity contribution in [3.05, 3.63) is 76.6 Å². The smallest absolute Gasteiger partial charge is 0.416 e. The van der Waals surface area contributed by atoms with Crippen LogP contribution < -0.4 is 15.0 Å². The van der Waals surface area contributed by atoms with Crippen LogP contribution in [0.25, 0.3) is 0 Å². The van der Waals surface area contributed by atoms with Crippen LogP contribution in [0.3, 0.4) is 0 Å². The molecule has 0 amide bonds. The number of carbonyl (C=O) groups is 1. The highest BCUT2D eigenvalue weighted by Gasteiger charge is 2.37. The Bertz CT molecular complexity index is 1470. The molecule has 1 N–H and O–H groups in total. The molecule has 7 nitrogen and oxygen atoms in total. The van der Waals surface area contributed by atoms with Crippen LogP contribution in [0.15, 0.2) is 48.8 Å². The number of benzene rings is 2. The Balaban J connectivity index is 1.78. The largest absolute Gasteiger partial charge is 0.490 e. The van der Waals surface area contributed by atoms with E-state index >= 15 is 0 Å². The minimum absolute atomic E-state index is 0.00483. The van der Waals surface area contributed by atoms with Gasteiger partial charge in [0.05, 0.1) is 35.7 Å². The molecule has 0 spiro atoms. The average molecular weight is 681 g/mol. The van der Waals surface area contributed by atoms with Gasteiger partial charge in [0.15, 0.2) is 5.75 Å². The molecular formula is C31H33F9N4O3. The SMILES string of the molecule is CCN(Cc1cc(C(F)(F)F)cc(C(F)(F)F)c1)c1ccc(C(F)(F)F)cc1CNc1ncc(OCCCC(=O)OC(C)(C)C)cn1. The van der Waals surface area contributed by atoms with Gasteiger partial charge in [-0.1, -0.05) is 0 Å². The van der Waals surface area contributed by atoms with E-state index in [1.165, 1.54) is 17.3 Å². The molecule has 0 aliphatic heterocycles. The predicted octanol–water partition coefficient (Wildman–Crippen LogP) is 8.67. The van der Waals surface area contributed by atoms with Crippen molar-refractivity contribution in [2.75, 3.05) is 23.4 Å². The van der Waals surface area contributed by atoms with Gasteiger partial charge in [0, 0.05) is 31.7 Å². The Labute approximate surface area is 265 Å². The summed E-state index contributed by atoms with van der Waals surface area (Å²) in [7, 11) is 0. The van der Waals surface area contributed by atoms with Gasteiger partial charge in [-0.2, -0.15) is 39.5 Å². The standard InChI is InChI=1S/C31H33F9N4O3/c1-5-44(18-19-11-22(30(35,36)37)14-23(12-19)31(38,39)40)25-9-8-21(29(32,33)34)13-20(25)15-41-27-42-16-24(17-43-27)46-10-6-7-26(45)47-28(2,3)4/h8-9,11-14,16-17H,5-7,10,15,18H2,1-4H3,(H,41,42,43). The lowest BCUT2D eigenvalue weighted by Crippen LogP contribution is -2.25. The Hall–Kier alpha value is -4.24. The number of ether oxygens (including phenoxy) is 2. The molecule has 16 heteroatoms. The fourth-order valence-corrected chi connectivity index (χ4v) is 4.37. The zero-order chi connectivity index (χ0) is 35.2. The first-order valence-corrected chi connectivity index (χ1v) is 14.3. The number of nitrogens with zero attached hydrogens (tertiary/aromatic N) is 3. The van der Waals surface area contributed by atoms with Gasteiger partial charge in [0.1, 0.15) is 5.60 Å². The number of anilines is 2. The third-order valence-electron chi connectivity index (χ3n) is 6.43. The number of hydrogen-bond donors (Lipinski definition) is 1. The zero-order valence-corrected chi connectivity index (χ0v) is 25.8. The number of hydrogen-bond acceptors (Lipinski definition) is 7. The molecule has 0 saturated carbocycles. The maximum Gasteiger partial charge on any atom is 0.416 e. The molecule has 0 aliphatic rings. The maximum atomic E-state index is 13.6. The van der Waals surface area contributed by atoms with Gasteiger partial charge >= 0.3 is 24.5 Å². The lowest BCUT2D eigenvalue weighted by molar-refractivity contribution is -0.155. The van der Waals surface area contributed by atoms with Crippen LogP contribution in [0.4, 0.5) is 51.1 Å². The van der Waals surface area contributed by atoms with Crippen LogP contribution >= 0.6 is 0 Å². The molecule has 1 aromatic heterocycles. The van der Waals surface area contributed by atoms with E-state index in [0.717, 1.165) is 18.2 Å². The van der Waals surface area contributed by atoms with Crippen LogP contribution in [0.2, 0.25) is 0 Å². The Morgan fingerprint density at radius 3 is 1.91 bits per heavy atom. The van der Waals surface area contributed by atoms with Crippen LogP contribution in [-0.4, -0.2) is 34.7 Å². The van der Waals surface area contributed by atoms with E-state index in [4.69, 9.17) is 9.47 Å². The number of esters is 1. The molecule has 0 fully saturated rings. The Morgan fingerprint density at radius 2 is 1.40 bits per heavy atom. The third kappa shape index (κ3) is 11.5. The summed E-state index contributed by atoms with van der Waals surface area (Å²) >= 11 is 0. The van der Waals surface area contributed by atoms with E-state index in [1.54, 1.807) is 27.7 Å². The fraction of sp³-hybridized carbons (Fsp3) is 0.452. The summed E-state index contributed by atoms with van der Waals surface area (Å²) in [6, 6.07) is 3.88. The van der Waals surface area contributed by atoms with Crippen molar-refractivity contribution in [3.8, 4) is 5.75 Å². The van der Waals surface area contributed by atoms with Crippen molar-refractivity contribution >= 4 is 17.6 Å². The highest BCUT2D eigenvalue weighted by molar-refractivity contribution is 5.69. The Kier molecular flexibility index (Phi) is 11.6. The number of nitrogens with one attached hydrogen (secondary N) is 1. The molecule has 0 saturated heterocycles. The van der Waals surface area contributed by atoms with E-state index in [1.807, 2.05) is 0 Å². The first-order valence-electron chi connectivity index (χ1n) is 14.3. The van der Waals surface area contributed by atoms with Crippen LogP contribution in [0.1, 0.15) is 68.4 Å². The minimum Gasteiger partial charge on any atom is -0.490 e. The molecular weight excluding hydrogens is 647 g/mol. The molecule has 0 aliphatic carbocycles. The quantitative estimate of drug-likeness (QED) is 0.117. The second-order valence-electron chi connectivity index (χ2n) is 11.4. The third-order valence-corrected chi connectivity index (χ3v) is 6.43. The normalized spacial score (nSPS) is 12.5. The number of alkyl halides is 9. The summed E-state index contributed by atoms with van der Waals surface area (Å²) in [6.07, 6.45) is -11.7. The fourth-order valence-electron chi connectivity index (χ4n) is 4.37. The van der Waals surface area contributed by atoms with E-state index < -0.39 is 47.4 Å². The van der Waals surface area contributed by atoms with Crippen LogP contribution in [0.5, 0.6) is 5.75 Å². The van der Waals surface area contributed by atoms with Crippen LogP contribution in [-0.2, 0) is 41.1 Å². The average Bonchev–Trinajstić information content (AvgIpc) is 2.95.